The van der Waals surface area contributed by atoms with E-state index < -0.39 is 0 Å². The Kier molecular flexibility index (Phi) is 5.98. The number of nitrogens with zero attached hydrogens (tertiary/aromatic N) is 4. The summed E-state index contributed by atoms with van der Waals surface area (Å²) in [5.41, 5.74) is 0.744. The molecule has 0 aromatic carbocycles. The second-order valence-corrected chi connectivity index (χ2v) is 8.74. The second kappa shape index (κ2) is 8.21. The molecule has 0 radical (unpaired) electrons. The van der Waals surface area contributed by atoms with Crippen molar-refractivity contribution in [1.29, 1.82) is 0 Å². The standard InChI is InChI=1S/C18H24N4OS2/c1-4-6-16-20-22-17(23)9-14(19-18(22)25-16)11-21(10-13(2)3)12-15-7-5-8-24-15/h5,7-9,13H,4,6,10-12H2,1-3H3. The summed E-state index contributed by atoms with van der Waals surface area (Å²) in [6, 6.07) is 5.87. The lowest BCUT2D eigenvalue weighted by Crippen LogP contribution is -2.28. The Balaban J connectivity index is 1.84. The maximum absolute atomic E-state index is 12.4. The molecule has 0 aliphatic heterocycles. The lowest BCUT2D eigenvalue weighted by Gasteiger charge is -2.23. The molecule has 0 atom stereocenters. The van der Waals surface area contributed by atoms with Crippen molar-refractivity contribution < 1.29 is 0 Å². The predicted octanol–water partition coefficient (Wildman–Crippen LogP) is 3.82. The minimum Gasteiger partial charge on any atom is -0.292 e. The fourth-order valence-corrected chi connectivity index (χ4v) is 4.61. The minimum atomic E-state index is -0.0841. The molecule has 0 fully saturated rings. The molecule has 5 nitrogen and oxygen atoms in total. The fraction of sp³-hybridized carbons (Fsp3) is 0.500. The first-order valence-electron chi connectivity index (χ1n) is 8.68. The Morgan fingerprint density at radius 3 is 2.84 bits per heavy atom. The van der Waals surface area contributed by atoms with Crippen LogP contribution in [0, 0.1) is 5.92 Å². The third-order valence-corrected chi connectivity index (χ3v) is 5.60. The maximum atomic E-state index is 12.4. The summed E-state index contributed by atoms with van der Waals surface area (Å²) in [4.78, 5) is 21.5. The Morgan fingerprint density at radius 2 is 2.16 bits per heavy atom. The van der Waals surface area contributed by atoms with Gasteiger partial charge in [-0.3, -0.25) is 9.69 Å². The number of hydrogen-bond donors (Lipinski definition) is 0. The first-order chi connectivity index (χ1) is 12.0. The largest absolute Gasteiger partial charge is 0.292 e. The molecule has 7 heteroatoms. The van der Waals surface area contributed by atoms with Gasteiger partial charge in [0.2, 0.25) is 4.96 Å². The van der Waals surface area contributed by atoms with Crippen molar-refractivity contribution in [3.8, 4) is 0 Å². The summed E-state index contributed by atoms with van der Waals surface area (Å²) in [5, 5.41) is 7.46. The van der Waals surface area contributed by atoms with Crippen LogP contribution >= 0.6 is 22.7 Å². The first kappa shape index (κ1) is 18.2. The highest BCUT2D eigenvalue weighted by Crippen LogP contribution is 2.17. The van der Waals surface area contributed by atoms with Crippen LogP contribution in [0.4, 0.5) is 0 Å². The molecule has 3 rings (SSSR count). The molecule has 134 valence electrons. The monoisotopic (exact) mass is 376 g/mol. The summed E-state index contributed by atoms with van der Waals surface area (Å²) >= 11 is 3.29. The van der Waals surface area contributed by atoms with Crippen LogP contribution in [0.3, 0.4) is 0 Å². The Hall–Kier alpha value is -1.57. The van der Waals surface area contributed by atoms with Gasteiger partial charge in [-0.05, 0) is 23.8 Å². The maximum Gasteiger partial charge on any atom is 0.275 e. The molecule has 0 saturated heterocycles. The van der Waals surface area contributed by atoms with Gasteiger partial charge in [-0.2, -0.15) is 9.61 Å². The molecule has 0 saturated carbocycles. The molecule has 0 bridgehead atoms. The van der Waals surface area contributed by atoms with Crippen LogP contribution in [-0.2, 0) is 19.5 Å². The van der Waals surface area contributed by atoms with Gasteiger partial charge in [0.15, 0.2) is 0 Å². The van der Waals surface area contributed by atoms with Crippen LogP contribution in [-0.4, -0.2) is 26.0 Å². The molecule has 0 spiro atoms. The molecule has 0 N–H and O–H groups in total. The highest BCUT2D eigenvalue weighted by Gasteiger charge is 2.14. The topological polar surface area (TPSA) is 50.5 Å². The van der Waals surface area contributed by atoms with E-state index in [2.05, 4.69) is 48.3 Å². The van der Waals surface area contributed by atoms with E-state index in [0.29, 0.717) is 17.4 Å². The van der Waals surface area contributed by atoms with Crippen molar-refractivity contribution in [2.45, 2.75) is 46.7 Å². The minimum absolute atomic E-state index is 0.0841. The molecule has 0 aliphatic carbocycles. The van der Waals surface area contributed by atoms with E-state index in [0.717, 1.165) is 36.6 Å². The zero-order valence-electron chi connectivity index (χ0n) is 14.9. The van der Waals surface area contributed by atoms with E-state index in [1.807, 2.05) is 0 Å². The van der Waals surface area contributed by atoms with Gasteiger partial charge in [0, 0.05) is 37.0 Å². The predicted molar refractivity (Wildman–Crippen MR) is 104 cm³/mol. The molecule has 3 aromatic heterocycles. The molecular weight excluding hydrogens is 352 g/mol. The van der Waals surface area contributed by atoms with Gasteiger partial charge in [-0.15, -0.1) is 11.3 Å². The van der Waals surface area contributed by atoms with E-state index in [1.165, 1.54) is 20.7 Å². The fourth-order valence-electron chi connectivity index (χ4n) is 2.85. The van der Waals surface area contributed by atoms with Gasteiger partial charge in [0.1, 0.15) is 5.01 Å². The van der Waals surface area contributed by atoms with Crippen LogP contribution in [0.5, 0.6) is 0 Å². The summed E-state index contributed by atoms with van der Waals surface area (Å²) in [7, 11) is 0. The highest BCUT2D eigenvalue weighted by atomic mass is 32.1. The van der Waals surface area contributed by atoms with Crippen molar-refractivity contribution >= 4 is 27.6 Å². The summed E-state index contributed by atoms with van der Waals surface area (Å²) < 4.78 is 1.44. The molecule has 3 heterocycles. The van der Waals surface area contributed by atoms with Crippen molar-refractivity contribution in [1.82, 2.24) is 19.5 Å². The van der Waals surface area contributed by atoms with Crippen LogP contribution in [0.1, 0.15) is 42.8 Å². The van der Waals surface area contributed by atoms with Gasteiger partial charge in [-0.25, -0.2) is 4.98 Å². The van der Waals surface area contributed by atoms with E-state index in [-0.39, 0.29) is 5.56 Å². The van der Waals surface area contributed by atoms with Crippen LogP contribution < -0.4 is 5.56 Å². The first-order valence-corrected chi connectivity index (χ1v) is 10.4. The normalized spacial score (nSPS) is 11.9. The van der Waals surface area contributed by atoms with Crippen LogP contribution in [0.2, 0.25) is 0 Å². The number of fused-ring (bicyclic) bond motifs is 1. The average Bonchev–Trinajstić information content (AvgIpc) is 3.16. The van der Waals surface area contributed by atoms with E-state index >= 15 is 0 Å². The van der Waals surface area contributed by atoms with E-state index in [4.69, 9.17) is 4.98 Å². The van der Waals surface area contributed by atoms with Crippen molar-refractivity contribution in [2.75, 3.05) is 6.54 Å². The summed E-state index contributed by atoms with van der Waals surface area (Å²) in [6.07, 6.45) is 1.91. The third kappa shape index (κ3) is 4.74. The van der Waals surface area contributed by atoms with Gasteiger partial charge in [0.05, 0.1) is 5.69 Å². The quantitative estimate of drug-likeness (QED) is 0.600. The molecule has 0 aliphatic rings. The Bertz CT molecular complexity index is 867. The molecule has 25 heavy (non-hydrogen) atoms. The van der Waals surface area contributed by atoms with Crippen LogP contribution in [0.25, 0.3) is 4.96 Å². The van der Waals surface area contributed by atoms with Gasteiger partial charge < -0.3 is 0 Å². The summed E-state index contributed by atoms with van der Waals surface area (Å²) in [5.74, 6) is 0.560. The zero-order chi connectivity index (χ0) is 17.8. The van der Waals surface area contributed by atoms with Crippen molar-refractivity contribution in [3.63, 3.8) is 0 Å². The van der Waals surface area contributed by atoms with E-state index in [1.54, 1.807) is 17.4 Å². The zero-order valence-corrected chi connectivity index (χ0v) is 16.6. The summed E-state index contributed by atoms with van der Waals surface area (Å²) in [6.45, 7) is 9.09. The number of thiophene rings is 1. The van der Waals surface area contributed by atoms with Gasteiger partial charge >= 0.3 is 0 Å². The van der Waals surface area contributed by atoms with Gasteiger partial charge in [-0.1, -0.05) is 38.2 Å². The number of rotatable bonds is 8. The number of aromatic nitrogens is 3. The SMILES string of the molecule is CCCc1nn2c(=O)cc(CN(Cc3cccs3)CC(C)C)nc2s1. The smallest absolute Gasteiger partial charge is 0.275 e. The van der Waals surface area contributed by atoms with Crippen molar-refractivity contribution in [2.24, 2.45) is 5.92 Å². The average molecular weight is 377 g/mol. The van der Waals surface area contributed by atoms with Gasteiger partial charge in [0.25, 0.3) is 5.56 Å². The Labute approximate surface area is 156 Å². The van der Waals surface area contributed by atoms with E-state index in [9.17, 15) is 4.79 Å². The molecule has 3 aromatic rings. The number of aryl methyl sites for hydroxylation is 1. The van der Waals surface area contributed by atoms with Crippen molar-refractivity contribution in [3.05, 3.63) is 49.5 Å². The molecule has 0 unspecified atom stereocenters. The molecular formula is C18H24N4OS2. The molecule has 0 amide bonds. The van der Waals surface area contributed by atoms with Crippen LogP contribution in [0.15, 0.2) is 28.4 Å². The highest BCUT2D eigenvalue weighted by molar-refractivity contribution is 7.16. The lowest BCUT2D eigenvalue weighted by atomic mass is 10.2. The third-order valence-electron chi connectivity index (χ3n) is 3.77. The second-order valence-electron chi connectivity index (χ2n) is 6.67. The number of hydrogen-bond acceptors (Lipinski definition) is 6. The Morgan fingerprint density at radius 1 is 1.32 bits per heavy atom. The lowest BCUT2D eigenvalue weighted by molar-refractivity contribution is 0.227.